The van der Waals surface area contributed by atoms with Crippen LogP contribution >= 0.6 is 11.6 Å². The number of halogens is 1. The zero-order valence-corrected chi connectivity index (χ0v) is 43.5. The third-order valence-electron chi connectivity index (χ3n) is 15.2. The van der Waals surface area contributed by atoms with Crippen molar-refractivity contribution in [1.29, 1.82) is 0 Å². The van der Waals surface area contributed by atoms with Crippen LogP contribution in [-0.2, 0) is 36.8 Å². The van der Waals surface area contributed by atoms with Crippen molar-refractivity contribution in [2.75, 3.05) is 6.61 Å². The molecule has 0 amide bonds. The fourth-order valence-corrected chi connectivity index (χ4v) is 11.4. The molecule has 3 fully saturated rings. The summed E-state index contributed by atoms with van der Waals surface area (Å²) in [7, 11) is 0. The molecular formula is C58H63ClO15. The number of esters is 2. The molecular weight excluding hydrogens is 972 g/mol. The molecule has 5 unspecified atom stereocenters. The summed E-state index contributed by atoms with van der Waals surface area (Å²) in [5.74, 6) is -3.14. The number of benzene rings is 3. The summed E-state index contributed by atoms with van der Waals surface area (Å²) in [5, 5.41) is 41.2. The predicted molar refractivity (Wildman–Crippen MR) is 272 cm³/mol. The van der Waals surface area contributed by atoms with Crippen LogP contribution in [0.25, 0.3) is 6.08 Å². The number of ketones is 2. The van der Waals surface area contributed by atoms with E-state index in [2.05, 4.69) is 6.08 Å². The Labute approximate surface area is 435 Å². The van der Waals surface area contributed by atoms with E-state index in [1.54, 1.807) is 43.3 Å². The van der Waals surface area contributed by atoms with Crippen molar-refractivity contribution in [1.82, 2.24) is 0 Å². The fourth-order valence-electron chi connectivity index (χ4n) is 11.3. The number of Topliss-reactive ketones (excluding diaryl/α,β-unsaturated/α-hetero) is 2. The first-order valence-corrected chi connectivity index (χ1v) is 25.4. The van der Waals surface area contributed by atoms with Crippen LogP contribution in [0.1, 0.15) is 118 Å². The maximum Gasteiger partial charge on any atom is 0.343 e. The van der Waals surface area contributed by atoms with Gasteiger partial charge in [-0.1, -0.05) is 65.3 Å². The van der Waals surface area contributed by atoms with E-state index in [0.29, 0.717) is 46.7 Å². The van der Waals surface area contributed by atoms with Gasteiger partial charge in [0.25, 0.3) is 0 Å². The second-order valence-corrected chi connectivity index (χ2v) is 21.7. The third-order valence-corrected chi connectivity index (χ3v) is 15.5. The number of aliphatic hydroxyl groups excluding tert-OH is 4. The SMILES string of the molecule is CC(C)=CCCC1(C)C=Cc2c(c(CC=C(C)C)c3c(c2OC(=O)c2ccc(O[C@@H]4O[C@H](CO)[C@@H](O)[C@H](O)[C@H]4O)cc2)C(=O)C2=CC4CC5C(C)(C)OC(C/C=C(/C)C(=O)OCc6ccccc6Cl)(C4=O)C25O3)O1. The van der Waals surface area contributed by atoms with Gasteiger partial charge in [-0.25, -0.2) is 9.59 Å². The van der Waals surface area contributed by atoms with Gasteiger partial charge in [-0.15, -0.1) is 0 Å². The first-order valence-electron chi connectivity index (χ1n) is 25.0. The van der Waals surface area contributed by atoms with Crippen molar-refractivity contribution in [3.05, 3.63) is 134 Å². The Balaban J connectivity index is 1.14. The van der Waals surface area contributed by atoms with Gasteiger partial charge in [0, 0.05) is 45.6 Å². The van der Waals surface area contributed by atoms with Crippen molar-refractivity contribution in [3.8, 4) is 23.0 Å². The monoisotopic (exact) mass is 1030 g/mol. The summed E-state index contributed by atoms with van der Waals surface area (Å²) in [6.45, 7) is 14.5. The molecule has 3 aromatic rings. The lowest BCUT2D eigenvalue weighted by atomic mass is 9.51. The number of rotatable bonds is 15. The van der Waals surface area contributed by atoms with Gasteiger partial charge < -0.3 is 53.6 Å². The molecule has 0 aromatic heterocycles. The molecule has 4 N–H and O–H groups in total. The summed E-state index contributed by atoms with van der Waals surface area (Å²) in [4.78, 5) is 59.1. The molecule has 392 valence electrons. The van der Waals surface area contributed by atoms with Gasteiger partial charge in [0.05, 0.1) is 23.3 Å². The lowest BCUT2D eigenvalue weighted by molar-refractivity contribution is -0.277. The lowest BCUT2D eigenvalue weighted by Crippen LogP contribution is -2.72. The maximum atomic E-state index is 15.9. The van der Waals surface area contributed by atoms with Crippen LogP contribution in [0.15, 0.2) is 101 Å². The first-order chi connectivity index (χ1) is 35.0. The molecule has 2 saturated heterocycles. The minimum Gasteiger partial charge on any atom is -0.482 e. The molecule has 4 bridgehead atoms. The minimum absolute atomic E-state index is 0.0303. The zero-order chi connectivity index (χ0) is 53.2. The van der Waals surface area contributed by atoms with Crippen LogP contribution in [0.5, 0.6) is 23.0 Å². The van der Waals surface area contributed by atoms with Crippen LogP contribution in [0.4, 0.5) is 0 Å². The van der Waals surface area contributed by atoms with Crippen molar-refractivity contribution in [3.63, 3.8) is 0 Å². The van der Waals surface area contributed by atoms with Crippen molar-refractivity contribution in [2.24, 2.45) is 11.8 Å². The molecule has 7 aliphatic rings. The Bertz CT molecular complexity index is 2940. The molecule has 15 nitrogen and oxygen atoms in total. The Hall–Kier alpha value is -5.91. The van der Waals surface area contributed by atoms with Gasteiger partial charge >= 0.3 is 11.9 Å². The summed E-state index contributed by atoms with van der Waals surface area (Å²) in [6.07, 6.45) is 5.21. The molecule has 3 aromatic carbocycles. The second kappa shape index (κ2) is 20.0. The van der Waals surface area contributed by atoms with E-state index in [1.807, 2.05) is 66.7 Å². The Morgan fingerprint density at radius 2 is 1.59 bits per heavy atom. The molecule has 74 heavy (non-hydrogen) atoms. The van der Waals surface area contributed by atoms with Crippen LogP contribution in [0.2, 0.25) is 5.02 Å². The van der Waals surface area contributed by atoms with Crippen LogP contribution < -0.4 is 18.9 Å². The highest BCUT2D eigenvalue weighted by atomic mass is 35.5. The number of carbonyl (C=O) groups is 4. The number of aliphatic hydroxyl groups is 4. The molecule has 1 saturated carbocycles. The van der Waals surface area contributed by atoms with Gasteiger partial charge in [0.2, 0.25) is 6.29 Å². The van der Waals surface area contributed by atoms with Gasteiger partial charge in [0.15, 0.2) is 28.5 Å². The molecule has 10 atom stereocenters. The maximum absolute atomic E-state index is 15.9. The number of allylic oxidation sites excluding steroid dienone is 5. The van der Waals surface area contributed by atoms with Crippen LogP contribution in [-0.4, -0.2) is 104 Å². The Kier molecular flexibility index (Phi) is 14.3. The molecule has 4 heterocycles. The topological polar surface area (TPSA) is 214 Å². The van der Waals surface area contributed by atoms with Crippen molar-refractivity contribution >= 4 is 41.2 Å². The van der Waals surface area contributed by atoms with E-state index in [0.717, 1.165) is 11.1 Å². The minimum atomic E-state index is -1.79. The standard InChI is InChI=1S/C58H63ClO15/c1-30(2)12-11-23-56(8)24-22-38-48(72-56)37(20-15-31(3)4)50-43(49(38)71-53(67)33-16-18-36(19-17-33)69-54-47(64)46(63)45(62)41(28-60)70-54)44(61)39-26-35-27-42-55(6,7)74-57(51(35)65,58(39,42)73-50)25-21-32(5)52(66)68-29-34-13-9-10-14-40(34)59/h9-10,12-19,21-22,24,26,35,41-42,45-47,54,60,62-64H,11,20,23,25,27-29H2,1-8H3/b32-21-/t35?,41-,42?,45-,46+,47-,54-,56?,57?,58?/m1/s1. The molecule has 10 rings (SSSR count). The molecule has 0 radical (unpaired) electrons. The van der Waals surface area contributed by atoms with Gasteiger partial charge in [-0.3, -0.25) is 9.59 Å². The van der Waals surface area contributed by atoms with E-state index in [9.17, 15) is 30.0 Å². The fraction of sp³-hybridized carbons (Fsp3) is 0.448. The van der Waals surface area contributed by atoms with Gasteiger partial charge in [-0.05, 0) is 124 Å². The highest BCUT2D eigenvalue weighted by Gasteiger charge is 2.81. The number of carbonyl (C=O) groups excluding carboxylic acids is 4. The average molecular weight is 1040 g/mol. The summed E-state index contributed by atoms with van der Waals surface area (Å²) in [5.41, 5.74) is -1.36. The van der Waals surface area contributed by atoms with E-state index in [1.165, 1.54) is 24.3 Å². The smallest absolute Gasteiger partial charge is 0.343 e. The highest BCUT2D eigenvalue weighted by molar-refractivity contribution is 6.31. The van der Waals surface area contributed by atoms with E-state index in [4.69, 9.17) is 44.8 Å². The quantitative estimate of drug-likeness (QED) is 0.0488. The summed E-state index contributed by atoms with van der Waals surface area (Å²) in [6, 6.07) is 12.7. The zero-order valence-electron chi connectivity index (χ0n) is 42.7. The Morgan fingerprint density at radius 3 is 2.28 bits per heavy atom. The van der Waals surface area contributed by atoms with E-state index in [-0.39, 0.29) is 64.8 Å². The molecule has 3 aliphatic carbocycles. The predicted octanol–water partition coefficient (Wildman–Crippen LogP) is 8.24. The number of hydrogen-bond donors (Lipinski definition) is 4. The van der Waals surface area contributed by atoms with Gasteiger partial charge in [-0.2, -0.15) is 0 Å². The first kappa shape index (κ1) is 52.9. The van der Waals surface area contributed by atoms with Crippen molar-refractivity contribution in [2.45, 2.75) is 147 Å². The highest BCUT2D eigenvalue weighted by Crippen LogP contribution is 2.69. The van der Waals surface area contributed by atoms with Gasteiger partial charge in [0.1, 0.15) is 59.4 Å². The second-order valence-electron chi connectivity index (χ2n) is 21.3. The van der Waals surface area contributed by atoms with E-state index >= 15 is 9.59 Å². The lowest BCUT2D eigenvalue weighted by Gasteiger charge is -2.56. The van der Waals surface area contributed by atoms with Crippen LogP contribution in [0.3, 0.4) is 0 Å². The normalized spacial score (nSPS) is 29.9. The largest absolute Gasteiger partial charge is 0.482 e. The molecule has 1 spiro atoms. The van der Waals surface area contributed by atoms with E-state index < -0.39 is 89.3 Å². The summed E-state index contributed by atoms with van der Waals surface area (Å²) < 4.78 is 44.9. The summed E-state index contributed by atoms with van der Waals surface area (Å²) >= 11 is 6.35. The van der Waals surface area contributed by atoms with Crippen LogP contribution in [0, 0.1) is 11.8 Å². The number of fused-ring (bicyclic) bond motifs is 2. The third kappa shape index (κ3) is 9.13. The van der Waals surface area contributed by atoms with Crippen molar-refractivity contribution < 1.29 is 72.8 Å². The average Bonchev–Trinajstić information content (AvgIpc) is 3.51. The molecule has 16 heteroatoms. The molecule has 4 aliphatic heterocycles. The Morgan fingerprint density at radius 1 is 0.878 bits per heavy atom. The number of ether oxygens (including phenoxy) is 7. The number of hydrogen-bond acceptors (Lipinski definition) is 15.